The van der Waals surface area contributed by atoms with E-state index in [2.05, 4.69) is 0 Å². The van der Waals surface area contributed by atoms with Crippen molar-refractivity contribution < 1.29 is 22.7 Å². The highest BCUT2D eigenvalue weighted by Gasteiger charge is 2.27. The number of carboxylic acids is 1. The molecule has 1 N–H and O–H groups in total. The number of carbonyl (C=O) groups is 1. The van der Waals surface area contributed by atoms with Crippen molar-refractivity contribution in [1.82, 2.24) is 0 Å². The fourth-order valence-corrected chi connectivity index (χ4v) is 3.74. The molecule has 2 aromatic carbocycles. The molecule has 122 valence electrons. The molecule has 0 heterocycles. The zero-order chi connectivity index (χ0) is 17.0. The Morgan fingerprint density at radius 3 is 2.17 bits per heavy atom. The van der Waals surface area contributed by atoms with Crippen molar-refractivity contribution in [2.75, 3.05) is 17.1 Å². The van der Waals surface area contributed by atoms with Gasteiger partial charge in [0.05, 0.1) is 10.6 Å². The minimum atomic E-state index is -4.07. The van der Waals surface area contributed by atoms with E-state index in [0.717, 1.165) is 21.3 Å². The van der Waals surface area contributed by atoms with Crippen LogP contribution in [0.2, 0.25) is 0 Å². The Morgan fingerprint density at radius 1 is 1.13 bits per heavy atom. The third-order valence-corrected chi connectivity index (χ3v) is 5.57. The van der Waals surface area contributed by atoms with Gasteiger partial charge >= 0.3 is 5.97 Å². The van der Waals surface area contributed by atoms with Crippen LogP contribution in [0.5, 0.6) is 0 Å². The smallest absolute Gasteiger partial charge is 0.324 e. The van der Waals surface area contributed by atoms with Gasteiger partial charge in [-0.1, -0.05) is 0 Å². The molecule has 23 heavy (non-hydrogen) atoms. The summed E-state index contributed by atoms with van der Waals surface area (Å²) >= 11 is 1.46. The van der Waals surface area contributed by atoms with Gasteiger partial charge in [-0.3, -0.25) is 9.10 Å². The lowest BCUT2D eigenvalue weighted by molar-refractivity contribution is -0.135. The van der Waals surface area contributed by atoms with Crippen LogP contribution in [0.3, 0.4) is 0 Å². The maximum atomic E-state index is 13.0. The molecule has 0 aromatic heterocycles. The average Bonchev–Trinajstić information content (AvgIpc) is 2.53. The first-order valence-electron chi connectivity index (χ1n) is 6.49. The van der Waals surface area contributed by atoms with Gasteiger partial charge in [0, 0.05) is 4.90 Å². The van der Waals surface area contributed by atoms with E-state index >= 15 is 0 Å². The van der Waals surface area contributed by atoms with E-state index in [0.29, 0.717) is 0 Å². The quantitative estimate of drug-likeness (QED) is 0.807. The first kappa shape index (κ1) is 17.3. The summed E-state index contributed by atoms with van der Waals surface area (Å²) in [4.78, 5) is 11.9. The summed E-state index contributed by atoms with van der Waals surface area (Å²) in [5, 5.41) is 9.01. The van der Waals surface area contributed by atoms with Crippen molar-refractivity contribution in [3.8, 4) is 0 Å². The molecule has 0 amide bonds. The van der Waals surface area contributed by atoms with Gasteiger partial charge in [-0.2, -0.15) is 0 Å². The molecule has 0 saturated carbocycles. The second-order valence-electron chi connectivity index (χ2n) is 4.56. The van der Waals surface area contributed by atoms with Crippen LogP contribution in [-0.4, -0.2) is 32.3 Å². The molecule has 0 spiro atoms. The molecule has 8 heteroatoms. The standard InChI is InChI=1S/C15H14FNO4S2/c1-22-13-6-8-14(9-7-13)23(20,21)17(10-15(18)19)12-4-2-11(16)3-5-12/h2-9H,10H2,1H3,(H,18,19). The van der Waals surface area contributed by atoms with Crippen LogP contribution in [0.15, 0.2) is 58.3 Å². The molecule has 0 fully saturated rings. The van der Waals surface area contributed by atoms with E-state index in [1.54, 1.807) is 12.1 Å². The van der Waals surface area contributed by atoms with Crippen molar-refractivity contribution in [1.29, 1.82) is 0 Å². The second kappa shape index (κ2) is 7.01. The first-order valence-corrected chi connectivity index (χ1v) is 9.15. The number of rotatable bonds is 6. The fraction of sp³-hybridized carbons (Fsp3) is 0.133. The predicted molar refractivity (Wildman–Crippen MR) is 86.8 cm³/mol. The third kappa shape index (κ3) is 4.02. The minimum absolute atomic E-state index is 0.0270. The average molecular weight is 355 g/mol. The summed E-state index contributed by atoms with van der Waals surface area (Å²) in [6.45, 7) is -0.752. The van der Waals surface area contributed by atoms with Gasteiger partial charge in [-0.25, -0.2) is 12.8 Å². The zero-order valence-corrected chi connectivity index (χ0v) is 13.8. The van der Waals surface area contributed by atoms with E-state index in [9.17, 15) is 17.6 Å². The molecule has 0 atom stereocenters. The van der Waals surface area contributed by atoms with Crippen molar-refractivity contribution in [3.05, 3.63) is 54.3 Å². The van der Waals surface area contributed by atoms with Gasteiger partial charge in [0.25, 0.3) is 10.0 Å². The predicted octanol–water partition coefficient (Wildman–Crippen LogP) is 2.83. The van der Waals surface area contributed by atoms with Crippen molar-refractivity contribution in [3.63, 3.8) is 0 Å². The lowest BCUT2D eigenvalue weighted by Crippen LogP contribution is -2.35. The van der Waals surface area contributed by atoms with Gasteiger partial charge in [0.2, 0.25) is 0 Å². The number of nitrogens with zero attached hydrogens (tertiary/aromatic N) is 1. The van der Waals surface area contributed by atoms with Gasteiger partial charge in [0.1, 0.15) is 12.4 Å². The van der Waals surface area contributed by atoms with Crippen molar-refractivity contribution in [2.45, 2.75) is 9.79 Å². The summed E-state index contributed by atoms with van der Waals surface area (Å²) in [6, 6.07) is 10.7. The minimum Gasteiger partial charge on any atom is -0.480 e. The van der Waals surface area contributed by atoms with Crippen LogP contribution in [0.4, 0.5) is 10.1 Å². The van der Waals surface area contributed by atoms with Crippen LogP contribution < -0.4 is 4.31 Å². The number of hydrogen-bond donors (Lipinski definition) is 1. The van der Waals surface area contributed by atoms with E-state index in [1.807, 2.05) is 6.26 Å². The van der Waals surface area contributed by atoms with Gasteiger partial charge in [-0.05, 0) is 54.8 Å². The molecule has 5 nitrogen and oxygen atoms in total. The fourth-order valence-electron chi connectivity index (χ4n) is 1.92. The van der Waals surface area contributed by atoms with Gasteiger partial charge in [0.15, 0.2) is 0 Å². The topological polar surface area (TPSA) is 74.7 Å². The van der Waals surface area contributed by atoms with Gasteiger partial charge < -0.3 is 5.11 Å². The number of sulfonamides is 1. The maximum absolute atomic E-state index is 13.0. The van der Waals surface area contributed by atoms with Crippen molar-refractivity contribution in [2.24, 2.45) is 0 Å². The highest BCUT2D eigenvalue weighted by atomic mass is 32.2. The molecule has 0 bridgehead atoms. The summed E-state index contributed by atoms with van der Waals surface area (Å²) < 4.78 is 39.2. The van der Waals surface area contributed by atoms with Crippen LogP contribution in [0.1, 0.15) is 0 Å². The molecular weight excluding hydrogens is 341 g/mol. The van der Waals surface area contributed by atoms with Crippen molar-refractivity contribution >= 4 is 33.4 Å². The number of carboxylic acid groups (broad SMARTS) is 1. The van der Waals surface area contributed by atoms with E-state index in [4.69, 9.17) is 5.11 Å². The zero-order valence-electron chi connectivity index (χ0n) is 12.1. The number of halogens is 1. The molecule has 2 rings (SSSR count). The molecule has 0 aliphatic carbocycles. The number of anilines is 1. The molecule has 0 saturated heterocycles. The van der Waals surface area contributed by atoms with E-state index in [-0.39, 0.29) is 10.6 Å². The lowest BCUT2D eigenvalue weighted by Gasteiger charge is -2.22. The Morgan fingerprint density at radius 2 is 1.70 bits per heavy atom. The maximum Gasteiger partial charge on any atom is 0.324 e. The lowest BCUT2D eigenvalue weighted by atomic mass is 10.3. The van der Waals surface area contributed by atoms with Gasteiger partial charge in [-0.15, -0.1) is 11.8 Å². The number of benzene rings is 2. The normalized spacial score (nSPS) is 11.2. The molecule has 0 aliphatic rings. The summed E-state index contributed by atoms with van der Waals surface area (Å²) in [7, 11) is -4.07. The monoisotopic (exact) mass is 355 g/mol. The summed E-state index contributed by atoms with van der Waals surface area (Å²) in [5.41, 5.74) is 0.0859. The Balaban J connectivity index is 2.47. The summed E-state index contributed by atoms with van der Waals surface area (Å²) in [5.74, 6) is -1.84. The van der Waals surface area contributed by atoms with E-state index in [1.165, 1.54) is 36.0 Å². The Kier molecular flexibility index (Phi) is 5.27. The first-order chi connectivity index (χ1) is 10.8. The molecule has 0 aliphatic heterocycles. The largest absolute Gasteiger partial charge is 0.480 e. The Bertz CT molecular complexity index is 789. The van der Waals surface area contributed by atoms with Crippen LogP contribution >= 0.6 is 11.8 Å². The summed E-state index contributed by atoms with van der Waals surface area (Å²) in [6.07, 6.45) is 1.86. The molecule has 2 aromatic rings. The van der Waals surface area contributed by atoms with Crippen LogP contribution in [0.25, 0.3) is 0 Å². The third-order valence-electron chi connectivity index (χ3n) is 3.04. The molecular formula is C15H14FNO4S2. The number of thioether (sulfide) groups is 1. The highest BCUT2D eigenvalue weighted by Crippen LogP contribution is 2.25. The molecule has 0 unspecified atom stereocenters. The SMILES string of the molecule is CSc1ccc(S(=O)(=O)N(CC(=O)O)c2ccc(F)cc2)cc1. The number of hydrogen-bond acceptors (Lipinski definition) is 4. The Labute approximate surface area is 137 Å². The highest BCUT2D eigenvalue weighted by molar-refractivity contribution is 7.98. The second-order valence-corrected chi connectivity index (χ2v) is 7.30. The van der Waals surface area contributed by atoms with Crippen LogP contribution in [-0.2, 0) is 14.8 Å². The van der Waals surface area contributed by atoms with E-state index < -0.39 is 28.4 Å². The molecule has 0 radical (unpaired) electrons. The van der Waals surface area contributed by atoms with Crippen LogP contribution in [0, 0.1) is 5.82 Å². The Hall–Kier alpha value is -2.06. The number of aliphatic carboxylic acids is 1.